The van der Waals surface area contributed by atoms with Crippen LogP contribution >= 0.6 is 23.2 Å². The van der Waals surface area contributed by atoms with Gasteiger partial charge in [0.05, 0.1) is 21.1 Å². The molecule has 0 aromatic heterocycles. The van der Waals surface area contributed by atoms with E-state index < -0.39 is 5.41 Å². The number of ether oxygens (including phenoxy) is 1. The lowest BCUT2D eigenvalue weighted by Crippen LogP contribution is -2.42. The third-order valence-corrected chi connectivity index (χ3v) is 5.16. The smallest absolute Gasteiger partial charge is 0.255 e. The molecule has 0 atom stereocenters. The molecule has 0 spiro atoms. The molecule has 3 rings (SSSR count). The van der Waals surface area contributed by atoms with E-state index in [2.05, 4.69) is 5.32 Å². The van der Waals surface area contributed by atoms with E-state index in [9.17, 15) is 9.59 Å². The quantitative estimate of drug-likeness (QED) is 0.778. The summed E-state index contributed by atoms with van der Waals surface area (Å²) < 4.78 is 5.83. The average Bonchev–Trinajstić information content (AvgIpc) is 2.72. The maximum absolute atomic E-state index is 12.8. The van der Waals surface area contributed by atoms with Crippen LogP contribution in [0.3, 0.4) is 0 Å². The van der Waals surface area contributed by atoms with Gasteiger partial charge in [0.1, 0.15) is 12.4 Å². The summed E-state index contributed by atoms with van der Waals surface area (Å²) in [4.78, 5) is 27.0. The summed E-state index contributed by atoms with van der Waals surface area (Å²) in [6.45, 7) is 6.42. The average molecular weight is 407 g/mol. The number of nitrogens with zero attached hydrogens (tertiary/aromatic N) is 1. The maximum Gasteiger partial charge on any atom is 0.255 e. The van der Waals surface area contributed by atoms with Crippen LogP contribution in [0.5, 0.6) is 5.75 Å². The molecule has 142 valence electrons. The van der Waals surface area contributed by atoms with Crippen LogP contribution < -0.4 is 15.0 Å². The van der Waals surface area contributed by atoms with E-state index in [1.54, 1.807) is 35.2 Å². The zero-order valence-corrected chi connectivity index (χ0v) is 16.8. The van der Waals surface area contributed by atoms with Crippen molar-refractivity contribution in [3.63, 3.8) is 0 Å². The minimum absolute atomic E-state index is 0.0169. The van der Waals surface area contributed by atoms with Crippen LogP contribution in [-0.2, 0) is 4.79 Å². The Morgan fingerprint density at radius 1 is 1.19 bits per heavy atom. The molecule has 2 aromatic rings. The Morgan fingerprint density at radius 3 is 2.59 bits per heavy atom. The lowest BCUT2D eigenvalue weighted by Gasteiger charge is -2.27. The van der Waals surface area contributed by atoms with Gasteiger partial charge in [-0.15, -0.1) is 0 Å². The fourth-order valence-electron chi connectivity index (χ4n) is 2.88. The van der Waals surface area contributed by atoms with Crippen molar-refractivity contribution in [2.45, 2.75) is 20.8 Å². The molecule has 0 unspecified atom stereocenters. The molecule has 0 saturated carbocycles. The number of carbonyl (C=O) groups excluding carboxylic acids is 2. The fraction of sp³-hybridized carbons (Fsp3) is 0.300. The second-order valence-electron chi connectivity index (χ2n) is 6.99. The molecule has 27 heavy (non-hydrogen) atoms. The van der Waals surface area contributed by atoms with Crippen molar-refractivity contribution >= 4 is 46.4 Å². The summed E-state index contributed by atoms with van der Waals surface area (Å²) in [6.07, 6.45) is 0. The van der Waals surface area contributed by atoms with Crippen LogP contribution in [0.25, 0.3) is 0 Å². The minimum atomic E-state index is -0.626. The Balaban J connectivity index is 1.90. The summed E-state index contributed by atoms with van der Waals surface area (Å²) >= 11 is 11.9. The molecular formula is C20H20Cl2N2O3. The first-order chi connectivity index (χ1) is 12.7. The molecule has 0 saturated heterocycles. The van der Waals surface area contributed by atoms with Crippen molar-refractivity contribution < 1.29 is 14.3 Å². The van der Waals surface area contributed by atoms with Gasteiger partial charge in [-0.1, -0.05) is 23.2 Å². The molecular weight excluding hydrogens is 387 g/mol. The molecule has 0 fully saturated rings. The van der Waals surface area contributed by atoms with Crippen LogP contribution in [0.2, 0.25) is 10.0 Å². The van der Waals surface area contributed by atoms with Gasteiger partial charge in [0.25, 0.3) is 5.91 Å². The number of benzene rings is 2. The van der Waals surface area contributed by atoms with Gasteiger partial charge in [-0.05, 0) is 57.2 Å². The normalized spacial score (nSPS) is 15.6. The Morgan fingerprint density at radius 2 is 1.93 bits per heavy atom. The Bertz CT molecular complexity index is 912. The molecule has 2 amide bonds. The van der Waals surface area contributed by atoms with Crippen LogP contribution in [0.4, 0.5) is 11.4 Å². The predicted molar refractivity (Wildman–Crippen MR) is 108 cm³/mol. The van der Waals surface area contributed by atoms with Crippen molar-refractivity contribution in [3.8, 4) is 5.75 Å². The topological polar surface area (TPSA) is 58.6 Å². The van der Waals surface area contributed by atoms with Gasteiger partial charge in [-0.3, -0.25) is 9.59 Å². The van der Waals surface area contributed by atoms with E-state index in [0.29, 0.717) is 45.9 Å². The number of rotatable bonds is 3. The standard InChI is InChI=1S/C20H20Cl2N2O3/c1-4-24-16-10-13(6-8-17(16)27-11-20(2,3)19(24)26)23-18(25)12-5-7-14(21)15(22)9-12/h5-10H,4,11H2,1-3H3,(H,23,25). The molecule has 1 N–H and O–H groups in total. The molecule has 0 radical (unpaired) electrons. The molecule has 1 heterocycles. The van der Waals surface area contributed by atoms with E-state index in [4.69, 9.17) is 27.9 Å². The van der Waals surface area contributed by atoms with Gasteiger partial charge >= 0.3 is 0 Å². The summed E-state index contributed by atoms with van der Waals surface area (Å²) in [5.74, 6) is 0.276. The molecule has 2 aromatic carbocycles. The molecule has 0 bridgehead atoms. The highest BCUT2D eigenvalue weighted by atomic mass is 35.5. The summed E-state index contributed by atoms with van der Waals surface area (Å²) in [6, 6.07) is 9.93. The van der Waals surface area contributed by atoms with Gasteiger partial charge in [-0.25, -0.2) is 0 Å². The van der Waals surface area contributed by atoms with E-state index in [1.807, 2.05) is 20.8 Å². The maximum atomic E-state index is 12.8. The highest BCUT2D eigenvalue weighted by molar-refractivity contribution is 6.42. The Labute approximate surface area is 168 Å². The highest BCUT2D eigenvalue weighted by Crippen LogP contribution is 2.38. The molecule has 1 aliphatic rings. The number of amides is 2. The second kappa shape index (κ2) is 7.41. The van der Waals surface area contributed by atoms with Crippen molar-refractivity contribution in [2.24, 2.45) is 5.41 Å². The first-order valence-corrected chi connectivity index (χ1v) is 9.34. The molecule has 7 heteroatoms. The molecule has 1 aliphatic heterocycles. The first-order valence-electron chi connectivity index (χ1n) is 8.58. The second-order valence-corrected chi connectivity index (χ2v) is 7.80. The van der Waals surface area contributed by atoms with Crippen molar-refractivity contribution in [2.75, 3.05) is 23.4 Å². The van der Waals surface area contributed by atoms with Crippen LogP contribution in [-0.4, -0.2) is 25.0 Å². The zero-order chi connectivity index (χ0) is 19.8. The number of nitrogens with one attached hydrogen (secondary N) is 1. The Hall–Kier alpha value is -2.24. The van der Waals surface area contributed by atoms with E-state index in [0.717, 1.165) is 0 Å². The van der Waals surface area contributed by atoms with Crippen molar-refractivity contribution in [1.82, 2.24) is 0 Å². The van der Waals surface area contributed by atoms with E-state index >= 15 is 0 Å². The number of hydrogen-bond donors (Lipinski definition) is 1. The lowest BCUT2D eigenvalue weighted by atomic mass is 9.93. The minimum Gasteiger partial charge on any atom is -0.490 e. The SMILES string of the molecule is CCN1C(=O)C(C)(C)COc2ccc(NC(=O)c3ccc(Cl)c(Cl)c3)cc21. The van der Waals surface area contributed by atoms with Crippen LogP contribution in [0, 0.1) is 5.41 Å². The lowest BCUT2D eigenvalue weighted by molar-refractivity contribution is -0.127. The van der Waals surface area contributed by atoms with Crippen molar-refractivity contribution in [1.29, 1.82) is 0 Å². The first kappa shape index (κ1) is 19.5. The number of anilines is 2. The Kier molecular flexibility index (Phi) is 5.36. The number of halogens is 2. The largest absolute Gasteiger partial charge is 0.490 e. The summed E-state index contributed by atoms with van der Waals surface area (Å²) in [5.41, 5.74) is 0.956. The monoisotopic (exact) mass is 406 g/mol. The van der Waals surface area contributed by atoms with Gasteiger partial charge < -0.3 is 15.0 Å². The van der Waals surface area contributed by atoms with E-state index in [-0.39, 0.29) is 11.8 Å². The third-order valence-electron chi connectivity index (χ3n) is 4.42. The van der Waals surface area contributed by atoms with Gasteiger partial charge in [-0.2, -0.15) is 0 Å². The zero-order valence-electron chi connectivity index (χ0n) is 15.3. The van der Waals surface area contributed by atoms with Crippen LogP contribution in [0.1, 0.15) is 31.1 Å². The molecule has 5 nitrogen and oxygen atoms in total. The third kappa shape index (κ3) is 3.89. The molecule has 0 aliphatic carbocycles. The highest BCUT2D eigenvalue weighted by Gasteiger charge is 2.37. The number of fused-ring (bicyclic) bond motifs is 1. The van der Waals surface area contributed by atoms with Gasteiger partial charge in [0, 0.05) is 17.8 Å². The number of carbonyl (C=O) groups is 2. The summed E-state index contributed by atoms with van der Waals surface area (Å²) in [7, 11) is 0. The van der Waals surface area contributed by atoms with Gasteiger partial charge in [0.15, 0.2) is 0 Å². The summed E-state index contributed by atoms with van der Waals surface area (Å²) in [5, 5.41) is 3.52. The number of hydrogen-bond acceptors (Lipinski definition) is 3. The predicted octanol–water partition coefficient (Wildman–Crippen LogP) is 5.02. The van der Waals surface area contributed by atoms with Gasteiger partial charge in [0.2, 0.25) is 5.91 Å². The van der Waals surface area contributed by atoms with E-state index in [1.165, 1.54) is 6.07 Å². The van der Waals surface area contributed by atoms with Crippen molar-refractivity contribution in [3.05, 3.63) is 52.0 Å². The van der Waals surface area contributed by atoms with Crippen LogP contribution in [0.15, 0.2) is 36.4 Å². The fourth-order valence-corrected chi connectivity index (χ4v) is 3.18.